The molecule has 0 radical (unpaired) electrons. The van der Waals surface area contributed by atoms with Crippen LogP contribution in [0.25, 0.3) is 0 Å². The van der Waals surface area contributed by atoms with Crippen LogP contribution in [0.15, 0.2) is 51.9 Å². The molecule has 0 unspecified atom stereocenters. The third-order valence-corrected chi connectivity index (χ3v) is 4.77. The lowest BCUT2D eigenvalue weighted by Gasteiger charge is -2.12. The maximum Gasteiger partial charge on any atom is 0.251 e. The fraction of sp³-hybridized carbons (Fsp3) is 0.333. The van der Waals surface area contributed by atoms with Gasteiger partial charge in [0.15, 0.2) is 5.96 Å². The summed E-state index contributed by atoms with van der Waals surface area (Å²) in [5, 5.41) is 9.12. The Balaban J connectivity index is 0.00000420. The Morgan fingerprint density at radius 1 is 1.10 bits per heavy atom. The molecule has 3 N–H and O–H groups in total. The maximum absolute atomic E-state index is 13.8. The highest BCUT2D eigenvalue weighted by Gasteiger charge is 2.05. The summed E-state index contributed by atoms with van der Waals surface area (Å²) in [6.45, 7) is 1.39. The van der Waals surface area contributed by atoms with E-state index in [9.17, 15) is 9.18 Å². The molecule has 0 heterocycles. The highest BCUT2D eigenvalue weighted by molar-refractivity contribution is 14.0. The maximum atomic E-state index is 13.8. The number of benzene rings is 2. The Morgan fingerprint density at radius 2 is 1.86 bits per heavy atom. The van der Waals surface area contributed by atoms with Crippen molar-refractivity contribution in [3.05, 3.63) is 69.4 Å². The molecule has 29 heavy (non-hydrogen) atoms. The Hall–Kier alpha value is -1.68. The number of aryl methyl sites for hydroxylation is 1. The largest absolute Gasteiger partial charge is 0.356 e. The second kappa shape index (κ2) is 13.5. The Bertz CT molecular complexity index is 832. The van der Waals surface area contributed by atoms with Crippen molar-refractivity contribution >= 4 is 51.8 Å². The molecule has 0 aliphatic carbocycles. The summed E-state index contributed by atoms with van der Waals surface area (Å²) in [6, 6.07) is 12.7. The Morgan fingerprint density at radius 3 is 2.55 bits per heavy atom. The molecule has 0 atom stereocenters. The average molecular weight is 577 g/mol. The van der Waals surface area contributed by atoms with E-state index in [-0.39, 0.29) is 35.7 Å². The quantitative estimate of drug-likeness (QED) is 0.193. The lowest BCUT2D eigenvalue weighted by molar-refractivity contribution is 0.0963. The van der Waals surface area contributed by atoms with Gasteiger partial charge in [0.2, 0.25) is 0 Å². The first kappa shape index (κ1) is 25.4. The second-order valence-corrected chi connectivity index (χ2v) is 7.21. The van der Waals surface area contributed by atoms with E-state index < -0.39 is 0 Å². The zero-order valence-corrected chi connectivity index (χ0v) is 20.5. The molecule has 0 bridgehead atoms. The van der Waals surface area contributed by atoms with Crippen LogP contribution in [-0.2, 0) is 12.8 Å². The number of carbonyl (C=O) groups excluding carboxylic acids is 1. The van der Waals surface area contributed by atoms with Crippen molar-refractivity contribution in [3.63, 3.8) is 0 Å². The molecule has 0 aliphatic rings. The molecule has 2 rings (SSSR count). The molecular formula is C21H27BrFIN4O. The molecule has 2 aromatic rings. The van der Waals surface area contributed by atoms with E-state index in [1.807, 2.05) is 24.3 Å². The lowest BCUT2D eigenvalue weighted by Crippen LogP contribution is -2.38. The molecule has 5 nitrogen and oxygen atoms in total. The molecule has 158 valence electrons. The number of nitrogens with one attached hydrogen (secondary N) is 3. The van der Waals surface area contributed by atoms with Crippen LogP contribution in [0.2, 0.25) is 0 Å². The zero-order valence-electron chi connectivity index (χ0n) is 16.6. The summed E-state index contributed by atoms with van der Waals surface area (Å²) < 4.78 is 14.6. The molecule has 1 amide bonds. The summed E-state index contributed by atoms with van der Waals surface area (Å²) in [5.41, 5.74) is 2.45. The fourth-order valence-corrected chi connectivity index (χ4v) is 3.10. The van der Waals surface area contributed by atoms with Crippen molar-refractivity contribution in [2.45, 2.75) is 19.3 Å². The molecule has 0 saturated heterocycles. The number of aliphatic imine (C=N–C) groups is 1. The van der Waals surface area contributed by atoms with Crippen molar-refractivity contribution in [2.75, 3.05) is 27.2 Å². The fourth-order valence-electron chi connectivity index (χ4n) is 2.77. The predicted molar refractivity (Wildman–Crippen MR) is 131 cm³/mol. The van der Waals surface area contributed by atoms with E-state index in [1.54, 1.807) is 26.2 Å². The van der Waals surface area contributed by atoms with Crippen molar-refractivity contribution in [3.8, 4) is 0 Å². The summed E-state index contributed by atoms with van der Waals surface area (Å²) >= 11 is 3.27. The first-order valence-electron chi connectivity index (χ1n) is 9.23. The minimum atomic E-state index is -0.184. The van der Waals surface area contributed by atoms with Crippen LogP contribution in [0, 0.1) is 5.82 Å². The third kappa shape index (κ3) is 8.69. The number of hydrogen-bond donors (Lipinski definition) is 3. The van der Waals surface area contributed by atoms with Crippen LogP contribution >= 0.6 is 39.9 Å². The van der Waals surface area contributed by atoms with Gasteiger partial charge in [0.05, 0.1) is 0 Å². The zero-order chi connectivity index (χ0) is 20.4. The Labute approximate surface area is 197 Å². The number of carbonyl (C=O) groups is 1. The van der Waals surface area contributed by atoms with Crippen molar-refractivity contribution in [1.29, 1.82) is 0 Å². The minimum absolute atomic E-state index is 0. The van der Waals surface area contributed by atoms with E-state index >= 15 is 0 Å². The molecule has 0 aliphatic heterocycles. The highest BCUT2D eigenvalue weighted by Crippen LogP contribution is 2.16. The van der Waals surface area contributed by atoms with Crippen LogP contribution < -0.4 is 16.0 Å². The molecule has 0 aromatic heterocycles. The predicted octanol–water partition coefficient (Wildman–Crippen LogP) is 3.91. The first-order valence-corrected chi connectivity index (χ1v) is 10.0. The SMILES string of the molecule is CN=C(NCCCc1ccc(Br)cc1F)NCCc1cccc(C(=O)NC)c1.I. The minimum Gasteiger partial charge on any atom is -0.356 e. The van der Waals surface area contributed by atoms with Gasteiger partial charge in [-0.1, -0.05) is 34.1 Å². The van der Waals surface area contributed by atoms with Gasteiger partial charge < -0.3 is 16.0 Å². The van der Waals surface area contributed by atoms with Gasteiger partial charge in [0.1, 0.15) is 5.82 Å². The topological polar surface area (TPSA) is 65.5 Å². The molecule has 2 aromatic carbocycles. The molecule has 0 saturated carbocycles. The second-order valence-electron chi connectivity index (χ2n) is 6.29. The van der Waals surface area contributed by atoms with Gasteiger partial charge in [-0.15, -0.1) is 24.0 Å². The number of halogens is 3. The summed E-state index contributed by atoms with van der Waals surface area (Å²) in [5.74, 6) is 0.434. The van der Waals surface area contributed by atoms with Gasteiger partial charge in [-0.05, 0) is 54.7 Å². The van der Waals surface area contributed by atoms with Crippen LogP contribution in [0.5, 0.6) is 0 Å². The summed E-state index contributed by atoms with van der Waals surface area (Å²) in [6.07, 6.45) is 2.23. The smallest absolute Gasteiger partial charge is 0.251 e. The summed E-state index contributed by atoms with van der Waals surface area (Å²) in [4.78, 5) is 15.9. The first-order chi connectivity index (χ1) is 13.5. The van der Waals surface area contributed by atoms with Crippen LogP contribution in [0.3, 0.4) is 0 Å². The number of nitrogens with zero attached hydrogens (tertiary/aromatic N) is 1. The van der Waals surface area contributed by atoms with Gasteiger partial charge in [0, 0.05) is 37.2 Å². The van der Waals surface area contributed by atoms with Gasteiger partial charge >= 0.3 is 0 Å². The molecular weight excluding hydrogens is 550 g/mol. The molecule has 8 heteroatoms. The highest BCUT2D eigenvalue weighted by atomic mass is 127. The number of amides is 1. The molecule has 0 fully saturated rings. The van der Waals surface area contributed by atoms with Crippen molar-refractivity contribution in [2.24, 2.45) is 4.99 Å². The van der Waals surface area contributed by atoms with E-state index in [2.05, 4.69) is 36.9 Å². The number of hydrogen-bond acceptors (Lipinski definition) is 2. The Kier molecular flexibility index (Phi) is 11.8. The van der Waals surface area contributed by atoms with E-state index in [1.165, 1.54) is 6.07 Å². The van der Waals surface area contributed by atoms with E-state index in [0.717, 1.165) is 22.9 Å². The van der Waals surface area contributed by atoms with Gasteiger partial charge in [-0.3, -0.25) is 9.79 Å². The van der Waals surface area contributed by atoms with Crippen LogP contribution in [0.1, 0.15) is 27.9 Å². The van der Waals surface area contributed by atoms with Crippen molar-refractivity contribution in [1.82, 2.24) is 16.0 Å². The van der Waals surface area contributed by atoms with Gasteiger partial charge in [-0.25, -0.2) is 4.39 Å². The average Bonchev–Trinajstić information content (AvgIpc) is 2.70. The van der Waals surface area contributed by atoms with Crippen LogP contribution in [0.4, 0.5) is 4.39 Å². The van der Waals surface area contributed by atoms with Crippen LogP contribution in [-0.4, -0.2) is 39.1 Å². The van der Waals surface area contributed by atoms with Crippen molar-refractivity contribution < 1.29 is 9.18 Å². The van der Waals surface area contributed by atoms with E-state index in [4.69, 9.17) is 0 Å². The number of guanidine groups is 1. The van der Waals surface area contributed by atoms with E-state index in [0.29, 0.717) is 36.6 Å². The molecule has 0 spiro atoms. The van der Waals surface area contributed by atoms with Gasteiger partial charge in [0.25, 0.3) is 5.91 Å². The monoisotopic (exact) mass is 576 g/mol. The standard InChI is InChI=1S/C21H26BrFN4O.HI/c1-24-20(28)17-6-3-5-15(13-17)10-12-27-21(25-2)26-11-4-7-16-8-9-18(22)14-19(16)23;/h3,5-6,8-9,13-14H,4,7,10-12H2,1-2H3,(H,24,28)(H2,25,26,27);1H. The normalized spacial score (nSPS) is 10.8. The third-order valence-electron chi connectivity index (χ3n) is 4.28. The lowest BCUT2D eigenvalue weighted by atomic mass is 10.1. The summed E-state index contributed by atoms with van der Waals surface area (Å²) in [7, 11) is 3.34. The van der Waals surface area contributed by atoms with Gasteiger partial charge in [-0.2, -0.15) is 0 Å². The number of rotatable bonds is 8.